The van der Waals surface area contributed by atoms with Crippen molar-refractivity contribution in [2.75, 3.05) is 11.9 Å². The standard InChI is InChI=1S/C17H24N2O/c1-2-6-12-7-3-4-10-15(12)19-17(20)16-14-9-5-8-13(14)11-18-16/h3-4,7,10,13-14,16,18H,2,5-6,8-9,11H2,1H3,(H,19,20). The molecule has 2 fully saturated rings. The predicted molar refractivity (Wildman–Crippen MR) is 81.7 cm³/mol. The molecule has 0 radical (unpaired) electrons. The molecule has 3 unspecified atom stereocenters. The van der Waals surface area contributed by atoms with Crippen LogP contribution in [-0.2, 0) is 11.2 Å². The lowest BCUT2D eigenvalue weighted by Gasteiger charge is -2.19. The van der Waals surface area contributed by atoms with E-state index in [0.29, 0.717) is 5.92 Å². The molecule has 1 aliphatic heterocycles. The van der Waals surface area contributed by atoms with Gasteiger partial charge in [-0.1, -0.05) is 38.0 Å². The van der Waals surface area contributed by atoms with Gasteiger partial charge in [0, 0.05) is 5.69 Å². The summed E-state index contributed by atoms with van der Waals surface area (Å²) in [6.07, 6.45) is 5.88. The summed E-state index contributed by atoms with van der Waals surface area (Å²) in [5.74, 6) is 1.42. The molecule has 0 bridgehead atoms. The zero-order chi connectivity index (χ0) is 13.9. The molecule has 20 heavy (non-hydrogen) atoms. The lowest BCUT2D eigenvalue weighted by Crippen LogP contribution is -2.39. The van der Waals surface area contributed by atoms with E-state index >= 15 is 0 Å². The Hall–Kier alpha value is -1.35. The monoisotopic (exact) mass is 272 g/mol. The molecule has 2 aliphatic rings. The quantitative estimate of drug-likeness (QED) is 0.884. The summed E-state index contributed by atoms with van der Waals surface area (Å²) < 4.78 is 0. The third-order valence-electron chi connectivity index (χ3n) is 4.82. The van der Waals surface area contributed by atoms with Gasteiger partial charge in [-0.2, -0.15) is 0 Å². The minimum absolute atomic E-state index is 0.0113. The van der Waals surface area contributed by atoms with Crippen molar-refractivity contribution in [2.24, 2.45) is 11.8 Å². The van der Waals surface area contributed by atoms with Gasteiger partial charge in [-0.15, -0.1) is 0 Å². The van der Waals surface area contributed by atoms with Gasteiger partial charge < -0.3 is 10.6 Å². The Morgan fingerprint density at radius 2 is 2.20 bits per heavy atom. The normalized spacial score (nSPS) is 28.4. The Balaban J connectivity index is 1.70. The van der Waals surface area contributed by atoms with Gasteiger partial charge in [0.2, 0.25) is 5.91 Å². The number of anilines is 1. The Morgan fingerprint density at radius 1 is 1.35 bits per heavy atom. The van der Waals surface area contributed by atoms with E-state index < -0.39 is 0 Å². The maximum atomic E-state index is 12.5. The van der Waals surface area contributed by atoms with Crippen LogP contribution in [0, 0.1) is 11.8 Å². The van der Waals surface area contributed by atoms with Crippen molar-refractivity contribution in [3.8, 4) is 0 Å². The van der Waals surface area contributed by atoms with E-state index in [1.807, 2.05) is 18.2 Å². The highest BCUT2D eigenvalue weighted by molar-refractivity contribution is 5.96. The summed E-state index contributed by atoms with van der Waals surface area (Å²) in [4.78, 5) is 12.5. The first-order valence-corrected chi connectivity index (χ1v) is 7.91. The number of rotatable bonds is 4. The van der Waals surface area contributed by atoms with Gasteiger partial charge in [0.15, 0.2) is 0 Å². The fourth-order valence-electron chi connectivity index (χ4n) is 3.81. The van der Waals surface area contributed by atoms with Crippen LogP contribution in [0.3, 0.4) is 0 Å². The largest absolute Gasteiger partial charge is 0.324 e. The highest BCUT2D eigenvalue weighted by atomic mass is 16.2. The molecule has 1 aliphatic carbocycles. The SMILES string of the molecule is CCCc1ccccc1NC(=O)C1NCC2CCCC21. The third kappa shape index (κ3) is 2.59. The Morgan fingerprint density at radius 3 is 3.05 bits per heavy atom. The second kappa shape index (κ2) is 5.96. The van der Waals surface area contributed by atoms with Crippen LogP contribution in [0.1, 0.15) is 38.2 Å². The molecule has 3 rings (SSSR count). The van der Waals surface area contributed by atoms with Gasteiger partial charge in [0.1, 0.15) is 0 Å². The van der Waals surface area contributed by atoms with E-state index in [4.69, 9.17) is 0 Å². The van der Waals surface area contributed by atoms with Crippen LogP contribution >= 0.6 is 0 Å². The molecule has 2 N–H and O–H groups in total. The van der Waals surface area contributed by atoms with Gasteiger partial charge in [0.25, 0.3) is 0 Å². The van der Waals surface area contributed by atoms with Gasteiger partial charge in [-0.3, -0.25) is 4.79 Å². The molecule has 3 nitrogen and oxygen atoms in total. The molecule has 1 saturated carbocycles. The van der Waals surface area contributed by atoms with Gasteiger partial charge in [-0.05, 0) is 49.3 Å². The Kier molecular flexibility index (Phi) is 4.06. The van der Waals surface area contributed by atoms with E-state index in [1.54, 1.807) is 0 Å². The zero-order valence-corrected chi connectivity index (χ0v) is 12.2. The van der Waals surface area contributed by atoms with Crippen LogP contribution in [-0.4, -0.2) is 18.5 Å². The minimum Gasteiger partial charge on any atom is -0.324 e. The van der Waals surface area contributed by atoms with Crippen molar-refractivity contribution >= 4 is 11.6 Å². The van der Waals surface area contributed by atoms with Crippen LogP contribution in [0.15, 0.2) is 24.3 Å². The average molecular weight is 272 g/mol. The molecular formula is C17H24N2O. The van der Waals surface area contributed by atoms with Crippen molar-refractivity contribution in [3.05, 3.63) is 29.8 Å². The number of carbonyl (C=O) groups excluding carboxylic acids is 1. The van der Waals surface area contributed by atoms with Gasteiger partial charge in [-0.25, -0.2) is 0 Å². The number of fused-ring (bicyclic) bond motifs is 1. The molecule has 1 aromatic rings. The van der Waals surface area contributed by atoms with Gasteiger partial charge in [0.05, 0.1) is 6.04 Å². The molecule has 3 heteroatoms. The fourth-order valence-corrected chi connectivity index (χ4v) is 3.81. The fraction of sp³-hybridized carbons (Fsp3) is 0.588. The van der Waals surface area contributed by atoms with E-state index in [2.05, 4.69) is 23.6 Å². The predicted octanol–water partition coefficient (Wildman–Crippen LogP) is 2.97. The molecule has 3 atom stereocenters. The summed E-state index contributed by atoms with van der Waals surface area (Å²) in [5.41, 5.74) is 2.23. The number of hydrogen-bond acceptors (Lipinski definition) is 2. The highest BCUT2D eigenvalue weighted by Gasteiger charge is 2.42. The molecule has 0 aromatic heterocycles. The summed E-state index contributed by atoms with van der Waals surface area (Å²) in [6, 6.07) is 8.18. The van der Waals surface area contributed by atoms with Crippen molar-refractivity contribution in [1.82, 2.24) is 5.32 Å². The number of para-hydroxylation sites is 1. The van der Waals surface area contributed by atoms with Crippen LogP contribution in [0.25, 0.3) is 0 Å². The Bertz CT molecular complexity index is 486. The Labute approximate surface area is 121 Å². The number of nitrogens with one attached hydrogen (secondary N) is 2. The summed E-state index contributed by atoms with van der Waals surface area (Å²) >= 11 is 0. The first kappa shape index (κ1) is 13.6. The van der Waals surface area contributed by atoms with Crippen molar-refractivity contribution < 1.29 is 4.79 Å². The topological polar surface area (TPSA) is 41.1 Å². The zero-order valence-electron chi connectivity index (χ0n) is 12.2. The van der Waals surface area contributed by atoms with E-state index in [9.17, 15) is 4.79 Å². The second-order valence-electron chi connectivity index (χ2n) is 6.14. The second-order valence-corrected chi connectivity index (χ2v) is 6.14. The van der Waals surface area contributed by atoms with E-state index in [1.165, 1.54) is 24.8 Å². The van der Waals surface area contributed by atoms with E-state index in [0.717, 1.165) is 31.0 Å². The highest BCUT2D eigenvalue weighted by Crippen LogP contribution is 2.38. The molecule has 1 aromatic carbocycles. The number of carbonyl (C=O) groups is 1. The average Bonchev–Trinajstić information content (AvgIpc) is 3.03. The van der Waals surface area contributed by atoms with Crippen LogP contribution in [0.2, 0.25) is 0 Å². The summed E-state index contributed by atoms with van der Waals surface area (Å²) in [7, 11) is 0. The first-order chi connectivity index (χ1) is 9.79. The van der Waals surface area contributed by atoms with Crippen molar-refractivity contribution in [3.63, 3.8) is 0 Å². The summed E-state index contributed by atoms with van der Waals surface area (Å²) in [6.45, 7) is 3.18. The maximum Gasteiger partial charge on any atom is 0.241 e. The minimum atomic E-state index is 0.0113. The smallest absolute Gasteiger partial charge is 0.241 e. The van der Waals surface area contributed by atoms with Gasteiger partial charge >= 0.3 is 0 Å². The van der Waals surface area contributed by atoms with Crippen LogP contribution in [0.4, 0.5) is 5.69 Å². The summed E-state index contributed by atoms with van der Waals surface area (Å²) in [5, 5.41) is 6.57. The molecular weight excluding hydrogens is 248 g/mol. The van der Waals surface area contributed by atoms with E-state index in [-0.39, 0.29) is 11.9 Å². The van der Waals surface area contributed by atoms with Crippen LogP contribution < -0.4 is 10.6 Å². The third-order valence-corrected chi connectivity index (χ3v) is 4.82. The molecule has 1 saturated heterocycles. The first-order valence-electron chi connectivity index (χ1n) is 7.91. The molecule has 1 amide bonds. The lowest BCUT2D eigenvalue weighted by atomic mass is 9.93. The number of amides is 1. The molecule has 1 heterocycles. The molecule has 0 spiro atoms. The number of hydrogen-bond donors (Lipinski definition) is 2. The van der Waals surface area contributed by atoms with Crippen molar-refractivity contribution in [1.29, 1.82) is 0 Å². The maximum absolute atomic E-state index is 12.5. The van der Waals surface area contributed by atoms with Crippen LogP contribution in [0.5, 0.6) is 0 Å². The molecule has 108 valence electrons. The number of aryl methyl sites for hydroxylation is 1. The number of benzene rings is 1. The van der Waals surface area contributed by atoms with Crippen molar-refractivity contribution in [2.45, 2.75) is 45.1 Å². The lowest BCUT2D eigenvalue weighted by molar-refractivity contribution is -0.118.